The van der Waals surface area contributed by atoms with Crippen LogP contribution in [0.3, 0.4) is 0 Å². The van der Waals surface area contributed by atoms with Gasteiger partial charge in [-0.25, -0.2) is 14.5 Å². The number of likely N-dealkylation sites (tertiary alicyclic amines) is 1. The molecule has 6 nitrogen and oxygen atoms in total. The molecule has 0 spiro atoms. The first-order valence-corrected chi connectivity index (χ1v) is 12.7. The van der Waals surface area contributed by atoms with E-state index in [1.807, 2.05) is 15.9 Å². The second-order valence-corrected chi connectivity index (χ2v) is 11.1. The van der Waals surface area contributed by atoms with Gasteiger partial charge in [-0.05, 0) is 62.7 Å². The molecule has 0 atom stereocenters. The second kappa shape index (κ2) is 8.27. The van der Waals surface area contributed by atoms with Crippen LogP contribution >= 0.6 is 11.3 Å². The van der Waals surface area contributed by atoms with Crippen molar-refractivity contribution in [3.8, 4) is 11.3 Å². The van der Waals surface area contributed by atoms with Gasteiger partial charge in [-0.1, -0.05) is 27.7 Å². The molecule has 1 aliphatic rings. The van der Waals surface area contributed by atoms with Gasteiger partial charge >= 0.3 is 0 Å². The summed E-state index contributed by atoms with van der Waals surface area (Å²) in [5.41, 5.74) is 8.21. The van der Waals surface area contributed by atoms with E-state index in [0.717, 1.165) is 17.1 Å². The Hall–Kier alpha value is -2.25. The lowest BCUT2D eigenvalue weighted by atomic mass is 9.95. The van der Waals surface area contributed by atoms with Crippen molar-refractivity contribution >= 4 is 27.3 Å². The van der Waals surface area contributed by atoms with Gasteiger partial charge < -0.3 is 9.88 Å². The summed E-state index contributed by atoms with van der Waals surface area (Å²) in [6.45, 7) is 17.1. The number of aromatic amines is 1. The van der Waals surface area contributed by atoms with Crippen LogP contribution in [-0.2, 0) is 0 Å². The van der Waals surface area contributed by atoms with Gasteiger partial charge in [-0.2, -0.15) is 5.10 Å². The molecular weight excluding hydrogens is 416 g/mol. The van der Waals surface area contributed by atoms with Gasteiger partial charge in [0.05, 0.1) is 10.7 Å². The van der Waals surface area contributed by atoms with E-state index < -0.39 is 0 Å². The number of fused-ring (bicyclic) bond motifs is 2. The van der Waals surface area contributed by atoms with Crippen molar-refractivity contribution in [2.45, 2.75) is 66.2 Å². The Kier molecular flexibility index (Phi) is 5.58. The number of nitrogens with one attached hydrogen (secondary N) is 1. The zero-order valence-corrected chi connectivity index (χ0v) is 20.9. The lowest BCUT2D eigenvalue weighted by Crippen LogP contribution is -2.35. The molecular formula is C25H34N6S. The highest BCUT2D eigenvalue weighted by Gasteiger charge is 2.27. The molecule has 4 aromatic heterocycles. The standard InChI is InChI=1S/C25H34N6S/c1-14(2)11-30-9-7-18(8-10-30)24-29-22-20(15(3)4)21(28-25(22)32-24)19-12-31-23(26-13-27-31)17(6)16(19)5/h12-15,18,28H,7-11H2,1-6H3. The minimum atomic E-state index is 0.382. The molecule has 5 rings (SSSR count). The van der Waals surface area contributed by atoms with Gasteiger partial charge in [-0.15, -0.1) is 11.3 Å². The number of nitrogens with zero attached hydrogens (tertiary/aromatic N) is 5. The third kappa shape index (κ3) is 3.65. The number of pyridine rings is 1. The number of aryl methyl sites for hydroxylation is 1. The zero-order valence-electron chi connectivity index (χ0n) is 20.1. The van der Waals surface area contributed by atoms with E-state index in [-0.39, 0.29) is 0 Å². The number of hydrogen-bond acceptors (Lipinski definition) is 5. The normalized spacial score (nSPS) is 16.4. The molecule has 4 aromatic rings. The van der Waals surface area contributed by atoms with Gasteiger partial charge in [0.25, 0.3) is 0 Å². The molecule has 0 unspecified atom stereocenters. The van der Waals surface area contributed by atoms with E-state index >= 15 is 0 Å². The number of hydrogen-bond donors (Lipinski definition) is 1. The van der Waals surface area contributed by atoms with Gasteiger partial charge in [0.1, 0.15) is 16.7 Å². The molecule has 1 aliphatic heterocycles. The molecule has 1 saturated heterocycles. The van der Waals surface area contributed by atoms with Crippen molar-refractivity contribution in [2.75, 3.05) is 19.6 Å². The lowest BCUT2D eigenvalue weighted by Gasteiger charge is -2.32. The summed E-state index contributed by atoms with van der Waals surface area (Å²) >= 11 is 1.86. The predicted octanol–water partition coefficient (Wildman–Crippen LogP) is 5.91. The Morgan fingerprint density at radius 1 is 1.12 bits per heavy atom. The minimum Gasteiger partial charge on any atom is -0.345 e. The summed E-state index contributed by atoms with van der Waals surface area (Å²) in [4.78, 5) is 17.2. The highest BCUT2D eigenvalue weighted by Crippen LogP contribution is 2.42. The fourth-order valence-electron chi connectivity index (χ4n) is 5.19. The molecule has 1 fully saturated rings. The smallest absolute Gasteiger partial charge is 0.158 e. The zero-order chi connectivity index (χ0) is 22.6. The van der Waals surface area contributed by atoms with E-state index in [2.05, 4.69) is 67.7 Å². The van der Waals surface area contributed by atoms with Crippen molar-refractivity contribution in [1.82, 2.24) is 29.5 Å². The minimum absolute atomic E-state index is 0.382. The topological polar surface area (TPSA) is 62.1 Å². The van der Waals surface area contributed by atoms with Crippen LogP contribution in [-0.4, -0.2) is 49.1 Å². The maximum Gasteiger partial charge on any atom is 0.158 e. The third-order valence-corrected chi connectivity index (χ3v) is 8.07. The second-order valence-electron chi connectivity index (χ2n) is 10.1. The Morgan fingerprint density at radius 2 is 1.88 bits per heavy atom. The monoisotopic (exact) mass is 450 g/mol. The van der Waals surface area contributed by atoms with Crippen molar-refractivity contribution in [3.05, 3.63) is 34.2 Å². The molecule has 7 heteroatoms. The molecule has 5 heterocycles. The van der Waals surface area contributed by atoms with E-state index in [9.17, 15) is 0 Å². The quantitative estimate of drug-likeness (QED) is 0.411. The van der Waals surface area contributed by atoms with Crippen LogP contribution in [0.1, 0.15) is 74.1 Å². The fraction of sp³-hybridized carbons (Fsp3) is 0.560. The molecule has 0 aliphatic carbocycles. The molecule has 0 amide bonds. The van der Waals surface area contributed by atoms with Crippen LogP contribution in [0.15, 0.2) is 12.5 Å². The molecule has 0 radical (unpaired) electrons. The van der Waals surface area contributed by atoms with Gasteiger partial charge in [0.15, 0.2) is 5.65 Å². The highest BCUT2D eigenvalue weighted by molar-refractivity contribution is 7.18. The van der Waals surface area contributed by atoms with Crippen LogP contribution in [0.2, 0.25) is 0 Å². The molecule has 1 N–H and O–H groups in total. The van der Waals surface area contributed by atoms with Crippen molar-refractivity contribution in [3.63, 3.8) is 0 Å². The molecule has 170 valence electrons. The van der Waals surface area contributed by atoms with Gasteiger partial charge in [-0.3, -0.25) is 0 Å². The number of piperidine rings is 1. The summed E-state index contributed by atoms with van der Waals surface area (Å²) in [5.74, 6) is 1.70. The van der Waals surface area contributed by atoms with E-state index in [0.29, 0.717) is 11.8 Å². The largest absolute Gasteiger partial charge is 0.345 e. The average molecular weight is 451 g/mol. The maximum atomic E-state index is 5.23. The van der Waals surface area contributed by atoms with Gasteiger partial charge in [0.2, 0.25) is 0 Å². The first-order chi connectivity index (χ1) is 15.3. The summed E-state index contributed by atoms with van der Waals surface area (Å²) in [7, 11) is 0. The number of rotatable bonds is 5. The Morgan fingerprint density at radius 3 is 2.56 bits per heavy atom. The fourth-order valence-corrected chi connectivity index (χ4v) is 6.34. The number of aromatic nitrogens is 5. The van der Waals surface area contributed by atoms with E-state index in [1.165, 1.54) is 70.3 Å². The third-order valence-electron chi connectivity index (χ3n) is 6.94. The highest BCUT2D eigenvalue weighted by atomic mass is 32.1. The SMILES string of the molecule is Cc1c(-c2[nH]c3sc(C4CCN(CC(C)C)CC4)nc3c2C(C)C)cn2ncnc2c1C. The Labute approximate surface area is 194 Å². The average Bonchev–Trinajstić information content (AvgIpc) is 3.44. The predicted molar refractivity (Wildman–Crippen MR) is 133 cm³/mol. The van der Waals surface area contributed by atoms with E-state index in [4.69, 9.17) is 4.98 Å². The van der Waals surface area contributed by atoms with Crippen LogP contribution in [0, 0.1) is 19.8 Å². The van der Waals surface area contributed by atoms with Crippen molar-refractivity contribution in [2.24, 2.45) is 5.92 Å². The first kappa shape index (κ1) is 21.6. The van der Waals surface area contributed by atoms with Crippen LogP contribution in [0.5, 0.6) is 0 Å². The van der Waals surface area contributed by atoms with Crippen LogP contribution in [0.4, 0.5) is 0 Å². The molecule has 32 heavy (non-hydrogen) atoms. The Bertz CT molecular complexity index is 1250. The first-order valence-electron chi connectivity index (χ1n) is 11.9. The Balaban J connectivity index is 1.51. The van der Waals surface area contributed by atoms with Crippen LogP contribution < -0.4 is 0 Å². The summed E-state index contributed by atoms with van der Waals surface area (Å²) in [6.07, 6.45) is 6.17. The van der Waals surface area contributed by atoms with E-state index in [1.54, 1.807) is 6.33 Å². The van der Waals surface area contributed by atoms with Crippen molar-refractivity contribution in [1.29, 1.82) is 0 Å². The maximum absolute atomic E-state index is 5.23. The van der Waals surface area contributed by atoms with Gasteiger partial charge in [0, 0.05) is 29.8 Å². The van der Waals surface area contributed by atoms with Crippen molar-refractivity contribution < 1.29 is 0 Å². The summed E-state index contributed by atoms with van der Waals surface area (Å²) in [5, 5.41) is 5.71. The molecule has 0 saturated carbocycles. The lowest BCUT2D eigenvalue weighted by molar-refractivity contribution is 0.192. The molecule has 0 bridgehead atoms. The molecule has 0 aromatic carbocycles. The summed E-state index contributed by atoms with van der Waals surface area (Å²) < 4.78 is 1.89. The summed E-state index contributed by atoms with van der Waals surface area (Å²) in [6, 6.07) is 0. The number of thiazole rings is 1. The number of H-pyrrole nitrogens is 1. The van der Waals surface area contributed by atoms with Crippen LogP contribution in [0.25, 0.3) is 27.3 Å².